The molecule has 3 atom stereocenters. The Kier molecular flexibility index (Phi) is 5.14. The van der Waals surface area contributed by atoms with Crippen molar-refractivity contribution in [2.45, 2.75) is 30.0 Å². The number of fused-ring (bicyclic) bond motifs is 1. The zero-order valence-corrected chi connectivity index (χ0v) is 20.8. The summed E-state index contributed by atoms with van der Waals surface area (Å²) in [6.45, 7) is 4.21. The number of nitrogens with zero attached hydrogens (tertiary/aromatic N) is 2. The Bertz CT molecular complexity index is 1570. The van der Waals surface area contributed by atoms with Gasteiger partial charge >= 0.3 is 0 Å². The lowest BCUT2D eigenvalue weighted by molar-refractivity contribution is -0.157. The molecule has 10 nitrogen and oxygen atoms in total. The van der Waals surface area contributed by atoms with Gasteiger partial charge in [-0.3, -0.25) is 29.5 Å². The molecule has 0 saturated carbocycles. The van der Waals surface area contributed by atoms with Crippen LogP contribution in [0.5, 0.6) is 0 Å². The van der Waals surface area contributed by atoms with Gasteiger partial charge in [0.1, 0.15) is 13.3 Å². The fourth-order valence-corrected chi connectivity index (χ4v) is 5.96. The number of morpholine rings is 1. The molecule has 3 unspecified atom stereocenters. The molecule has 39 heavy (non-hydrogen) atoms. The van der Waals surface area contributed by atoms with Crippen LogP contribution < -0.4 is 10.2 Å². The number of hydrogen-bond donors (Lipinski definition) is 3. The fraction of sp³-hybridized carbons (Fsp3) is 0.321. The first kappa shape index (κ1) is 24.4. The number of carbonyl (C=O) groups is 3. The molecule has 0 aromatic heterocycles. The second-order valence-electron chi connectivity index (χ2n) is 10.4. The van der Waals surface area contributed by atoms with Crippen LogP contribution in [-0.2, 0) is 32.0 Å². The molecule has 3 saturated heterocycles. The molecule has 3 aromatic rings. The maximum Gasteiger partial charge on any atom is 0.289 e. The van der Waals surface area contributed by atoms with Crippen LogP contribution in [0.25, 0.3) is 10.8 Å². The molecular formula is C28H24BN3O7. The highest BCUT2D eigenvalue weighted by molar-refractivity contribution is 6.34. The van der Waals surface area contributed by atoms with Gasteiger partial charge in [-0.2, -0.15) is 0 Å². The minimum Gasteiger partial charge on any atom is -0.379 e. The van der Waals surface area contributed by atoms with Gasteiger partial charge in [0.15, 0.2) is 0 Å². The summed E-state index contributed by atoms with van der Waals surface area (Å²) in [6.07, 6.45) is 0.592. The Hall–Kier alpha value is -3.61. The average molecular weight is 525 g/mol. The number of amides is 3. The maximum absolute atomic E-state index is 13.6. The number of ether oxygens (including phenoxy) is 2. The average Bonchev–Trinajstić information content (AvgIpc) is 3.43. The van der Waals surface area contributed by atoms with E-state index in [0.717, 1.165) is 54.3 Å². The Labute approximate surface area is 224 Å². The van der Waals surface area contributed by atoms with E-state index in [1.807, 2.05) is 17.4 Å². The number of carbonyl (C=O) groups excluding carboxylic acids is 3. The molecule has 0 bridgehead atoms. The minimum atomic E-state index is -2.86. The number of aliphatic hydroxyl groups is 2. The van der Waals surface area contributed by atoms with Crippen LogP contribution >= 0.6 is 0 Å². The Morgan fingerprint density at radius 3 is 2.38 bits per heavy atom. The molecule has 7 rings (SSSR count). The van der Waals surface area contributed by atoms with Crippen LogP contribution in [0.3, 0.4) is 0 Å². The third kappa shape index (κ3) is 3.25. The summed E-state index contributed by atoms with van der Waals surface area (Å²) in [7, 11) is 6.05. The van der Waals surface area contributed by atoms with E-state index in [0.29, 0.717) is 11.8 Å². The van der Waals surface area contributed by atoms with Crippen molar-refractivity contribution in [3.63, 3.8) is 0 Å². The first-order valence-corrected chi connectivity index (χ1v) is 12.7. The summed E-state index contributed by atoms with van der Waals surface area (Å²) in [5.41, 5.74) is -1.65. The normalized spacial score (nSPS) is 30.0. The highest BCUT2D eigenvalue weighted by Gasteiger charge is 2.87. The molecule has 0 aliphatic carbocycles. The van der Waals surface area contributed by atoms with E-state index in [2.05, 4.69) is 29.2 Å². The number of piperidine rings is 1. The quantitative estimate of drug-likeness (QED) is 0.244. The molecule has 3 N–H and O–H groups in total. The zero-order valence-electron chi connectivity index (χ0n) is 20.8. The van der Waals surface area contributed by atoms with Gasteiger partial charge in [0, 0.05) is 30.6 Å². The van der Waals surface area contributed by atoms with Crippen molar-refractivity contribution in [1.29, 1.82) is 0 Å². The van der Waals surface area contributed by atoms with Crippen molar-refractivity contribution in [3.05, 3.63) is 76.9 Å². The van der Waals surface area contributed by atoms with E-state index >= 15 is 0 Å². The first-order valence-electron chi connectivity index (χ1n) is 12.7. The fourth-order valence-electron chi connectivity index (χ4n) is 5.96. The summed E-state index contributed by atoms with van der Waals surface area (Å²) in [5, 5.41) is 25.2. The number of anilines is 1. The molecule has 196 valence electrons. The minimum absolute atomic E-state index is 0.227. The number of epoxide rings is 1. The highest BCUT2D eigenvalue weighted by atomic mass is 16.8. The van der Waals surface area contributed by atoms with Crippen LogP contribution in [0, 0.1) is 0 Å². The number of nitrogens with one attached hydrogen (secondary N) is 1. The van der Waals surface area contributed by atoms with Gasteiger partial charge in [-0.05, 0) is 40.6 Å². The number of benzene rings is 3. The summed E-state index contributed by atoms with van der Waals surface area (Å²) in [6, 6.07) is 17.1. The van der Waals surface area contributed by atoms with Gasteiger partial charge in [0.05, 0.1) is 18.9 Å². The highest BCUT2D eigenvalue weighted by Crippen LogP contribution is 2.57. The molecule has 3 aromatic carbocycles. The van der Waals surface area contributed by atoms with Crippen molar-refractivity contribution >= 4 is 42.0 Å². The predicted octanol–water partition coefficient (Wildman–Crippen LogP) is 0.152. The van der Waals surface area contributed by atoms with Crippen LogP contribution in [0.4, 0.5) is 5.69 Å². The van der Waals surface area contributed by atoms with Gasteiger partial charge in [-0.25, -0.2) is 0 Å². The Morgan fingerprint density at radius 2 is 1.64 bits per heavy atom. The number of rotatable bonds is 5. The molecular weight excluding hydrogens is 501 g/mol. The smallest absolute Gasteiger partial charge is 0.289 e. The van der Waals surface area contributed by atoms with Gasteiger partial charge in [-0.15, -0.1) is 0 Å². The SMILES string of the molecule is [B]C12OC1(O)C(=O)NC(=O)C2(O)N1C(=O)c2cccc3c(Cc4ccc(CN5CCOCC5)cc4)ccc1c23. The third-order valence-corrected chi connectivity index (χ3v) is 8.17. The van der Waals surface area contributed by atoms with E-state index in [4.69, 9.17) is 17.3 Å². The van der Waals surface area contributed by atoms with Crippen molar-refractivity contribution in [1.82, 2.24) is 10.2 Å². The summed E-state index contributed by atoms with van der Waals surface area (Å²) < 4.78 is 10.4. The standard InChI is InChI=1S/C28H24BN3O7/c29-28-26(36,24(34)30-25(35)27(28,37)39-28)32-21-9-8-18(19-2-1-3-20(22(19)21)23(32)33)14-16-4-6-17(7-5-16)15-31-10-12-38-13-11-31/h1-9,36-37H,10-15H2,(H,30,34,35). The predicted molar refractivity (Wildman–Crippen MR) is 139 cm³/mol. The van der Waals surface area contributed by atoms with E-state index in [9.17, 15) is 24.6 Å². The maximum atomic E-state index is 13.6. The first-order chi connectivity index (χ1) is 18.7. The van der Waals surface area contributed by atoms with Crippen molar-refractivity contribution < 1.29 is 34.1 Å². The molecule has 11 heteroatoms. The van der Waals surface area contributed by atoms with Crippen molar-refractivity contribution in [2.75, 3.05) is 31.2 Å². The molecule has 0 spiro atoms. The second kappa shape index (κ2) is 8.20. The van der Waals surface area contributed by atoms with E-state index in [-0.39, 0.29) is 11.3 Å². The molecule has 3 amide bonds. The van der Waals surface area contributed by atoms with Crippen molar-refractivity contribution in [3.8, 4) is 0 Å². The number of hydrogen-bond acceptors (Lipinski definition) is 8. The topological polar surface area (TPSA) is 132 Å². The van der Waals surface area contributed by atoms with E-state index in [1.165, 1.54) is 5.56 Å². The Balaban J connectivity index is 1.22. The second-order valence-corrected chi connectivity index (χ2v) is 10.4. The van der Waals surface area contributed by atoms with Gasteiger partial charge in [0.25, 0.3) is 29.2 Å². The lowest BCUT2D eigenvalue weighted by atomic mass is 9.69. The lowest BCUT2D eigenvalue weighted by Gasteiger charge is -2.41. The van der Waals surface area contributed by atoms with Gasteiger partial charge in [0.2, 0.25) is 0 Å². The molecule has 4 heterocycles. The van der Waals surface area contributed by atoms with Crippen LogP contribution in [0.2, 0.25) is 0 Å². The number of imide groups is 1. The summed E-state index contributed by atoms with van der Waals surface area (Å²) >= 11 is 0. The molecule has 4 aliphatic rings. The Morgan fingerprint density at radius 1 is 0.923 bits per heavy atom. The van der Waals surface area contributed by atoms with Gasteiger partial charge < -0.3 is 19.7 Å². The monoisotopic (exact) mass is 525 g/mol. The van der Waals surface area contributed by atoms with Crippen LogP contribution in [-0.4, -0.2) is 84.0 Å². The lowest BCUT2D eigenvalue weighted by Crippen LogP contribution is -2.75. The van der Waals surface area contributed by atoms with E-state index in [1.54, 1.807) is 18.2 Å². The summed E-state index contributed by atoms with van der Waals surface area (Å²) in [4.78, 5) is 41.8. The zero-order chi connectivity index (χ0) is 27.2. The molecule has 3 fully saturated rings. The summed E-state index contributed by atoms with van der Waals surface area (Å²) in [5.74, 6) is -5.79. The largest absolute Gasteiger partial charge is 0.379 e. The third-order valence-electron chi connectivity index (χ3n) is 8.17. The van der Waals surface area contributed by atoms with Crippen LogP contribution in [0.1, 0.15) is 27.0 Å². The van der Waals surface area contributed by atoms with Crippen LogP contribution in [0.15, 0.2) is 54.6 Å². The van der Waals surface area contributed by atoms with Gasteiger partial charge in [-0.1, -0.05) is 42.5 Å². The van der Waals surface area contributed by atoms with Crippen molar-refractivity contribution in [2.24, 2.45) is 0 Å². The van der Waals surface area contributed by atoms with E-state index < -0.39 is 34.7 Å². The molecule has 2 radical (unpaired) electrons. The molecule has 4 aliphatic heterocycles.